The molecule has 124 valence electrons. The van der Waals surface area contributed by atoms with E-state index >= 15 is 0 Å². The van der Waals surface area contributed by atoms with E-state index in [1.807, 2.05) is 42.5 Å². The topological polar surface area (TPSA) is 71.3 Å². The minimum Gasteiger partial charge on any atom is -0.497 e. The number of hydrogen-bond donors (Lipinski definition) is 1. The van der Waals surface area contributed by atoms with Crippen LogP contribution in [0, 0.1) is 11.3 Å². The lowest BCUT2D eigenvalue weighted by Gasteiger charge is -2.05. The van der Waals surface area contributed by atoms with Gasteiger partial charge in [0.1, 0.15) is 17.4 Å². The first-order valence-corrected chi connectivity index (χ1v) is 7.64. The van der Waals surface area contributed by atoms with E-state index in [-0.39, 0.29) is 11.5 Å². The van der Waals surface area contributed by atoms with E-state index in [9.17, 15) is 10.1 Å². The molecule has 0 fully saturated rings. The minimum absolute atomic E-state index is 0.0836. The van der Waals surface area contributed by atoms with Gasteiger partial charge < -0.3 is 14.8 Å². The van der Waals surface area contributed by atoms with Crippen LogP contribution in [0.25, 0.3) is 16.8 Å². The van der Waals surface area contributed by atoms with Gasteiger partial charge in [0.15, 0.2) is 0 Å². The predicted octanol–water partition coefficient (Wildman–Crippen LogP) is 2.91. The SMILES string of the molecule is COCCCNC(=O)/C(C#N)=C/c1ccc2cc(OC)ccc2c1. The van der Waals surface area contributed by atoms with Crippen LogP contribution in [0.5, 0.6) is 5.75 Å². The normalized spacial score (nSPS) is 11.1. The van der Waals surface area contributed by atoms with E-state index < -0.39 is 0 Å². The zero-order chi connectivity index (χ0) is 17.4. The number of rotatable bonds is 7. The Morgan fingerprint density at radius 3 is 2.67 bits per heavy atom. The molecule has 0 saturated heterocycles. The molecule has 0 spiro atoms. The summed E-state index contributed by atoms with van der Waals surface area (Å²) in [6.45, 7) is 1.04. The van der Waals surface area contributed by atoms with Crippen LogP contribution >= 0.6 is 0 Å². The Morgan fingerprint density at radius 1 is 1.21 bits per heavy atom. The first-order chi connectivity index (χ1) is 11.7. The smallest absolute Gasteiger partial charge is 0.261 e. The Hall–Kier alpha value is -2.84. The van der Waals surface area contributed by atoms with Gasteiger partial charge in [0.2, 0.25) is 0 Å². The number of fused-ring (bicyclic) bond motifs is 1. The standard InChI is InChI=1S/C19H20N2O3/c1-23-9-3-8-21-19(22)17(13-20)11-14-4-5-16-12-18(24-2)7-6-15(16)10-14/h4-7,10-12H,3,8-9H2,1-2H3,(H,21,22)/b17-11+. The molecule has 2 rings (SSSR count). The van der Waals surface area contributed by atoms with Crippen molar-refractivity contribution in [2.75, 3.05) is 27.4 Å². The average Bonchev–Trinajstić information content (AvgIpc) is 2.62. The number of carbonyl (C=O) groups is 1. The summed E-state index contributed by atoms with van der Waals surface area (Å²) in [6.07, 6.45) is 2.30. The quantitative estimate of drug-likeness (QED) is 0.483. The fourth-order valence-electron chi connectivity index (χ4n) is 2.29. The predicted molar refractivity (Wildman–Crippen MR) is 93.6 cm³/mol. The van der Waals surface area contributed by atoms with E-state index in [0.717, 1.165) is 22.1 Å². The Kier molecular flexibility index (Phi) is 6.35. The van der Waals surface area contributed by atoms with Crippen molar-refractivity contribution in [3.63, 3.8) is 0 Å². The Bertz CT molecular complexity index is 791. The second-order valence-electron chi connectivity index (χ2n) is 5.24. The number of hydrogen-bond acceptors (Lipinski definition) is 4. The lowest BCUT2D eigenvalue weighted by molar-refractivity contribution is -0.117. The molecule has 5 heteroatoms. The molecule has 1 N–H and O–H groups in total. The first-order valence-electron chi connectivity index (χ1n) is 7.64. The van der Waals surface area contributed by atoms with E-state index in [1.165, 1.54) is 0 Å². The van der Waals surface area contributed by atoms with Crippen molar-refractivity contribution in [1.82, 2.24) is 5.32 Å². The molecule has 24 heavy (non-hydrogen) atoms. The summed E-state index contributed by atoms with van der Waals surface area (Å²) in [5.74, 6) is 0.419. The highest BCUT2D eigenvalue weighted by molar-refractivity contribution is 6.02. The molecule has 0 heterocycles. The van der Waals surface area contributed by atoms with Crippen molar-refractivity contribution in [1.29, 1.82) is 5.26 Å². The number of methoxy groups -OCH3 is 2. The zero-order valence-corrected chi connectivity index (χ0v) is 13.8. The van der Waals surface area contributed by atoms with E-state index in [4.69, 9.17) is 9.47 Å². The molecule has 0 radical (unpaired) electrons. The molecule has 0 bridgehead atoms. The Labute approximate surface area is 141 Å². The maximum absolute atomic E-state index is 12.0. The van der Waals surface area contributed by atoms with Crippen LogP contribution in [-0.2, 0) is 9.53 Å². The monoisotopic (exact) mass is 324 g/mol. The summed E-state index contributed by atoms with van der Waals surface area (Å²) in [6, 6.07) is 13.5. The second kappa shape index (κ2) is 8.70. The molecule has 0 aliphatic carbocycles. The van der Waals surface area contributed by atoms with E-state index in [1.54, 1.807) is 20.3 Å². The third-order valence-corrected chi connectivity index (χ3v) is 3.56. The molecule has 0 aliphatic heterocycles. The largest absolute Gasteiger partial charge is 0.497 e. The maximum Gasteiger partial charge on any atom is 0.261 e. The van der Waals surface area contributed by atoms with Gasteiger partial charge in [0, 0.05) is 20.3 Å². The fourth-order valence-corrected chi connectivity index (χ4v) is 2.29. The van der Waals surface area contributed by atoms with Crippen molar-refractivity contribution in [2.45, 2.75) is 6.42 Å². The average molecular weight is 324 g/mol. The van der Waals surface area contributed by atoms with Gasteiger partial charge in [-0.05, 0) is 47.0 Å². The second-order valence-corrected chi connectivity index (χ2v) is 5.24. The lowest BCUT2D eigenvalue weighted by atomic mass is 10.0. The lowest BCUT2D eigenvalue weighted by Crippen LogP contribution is -2.26. The van der Waals surface area contributed by atoms with Gasteiger partial charge in [-0.3, -0.25) is 4.79 Å². The summed E-state index contributed by atoms with van der Waals surface area (Å²) in [4.78, 5) is 12.0. The molecule has 5 nitrogen and oxygen atoms in total. The summed E-state index contributed by atoms with van der Waals surface area (Å²) < 4.78 is 10.1. The summed E-state index contributed by atoms with van der Waals surface area (Å²) >= 11 is 0. The van der Waals surface area contributed by atoms with Crippen molar-refractivity contribution in [2.24, 2.45) is 0 Å². The third kappa shape index (κ3) is 4.58. The molecule has 2 aromatic rings. The third-order valence-electron chi connectivity index (χ3n) is 3.56. The molecule has 2 aromatic carbocycles. The number of nitrogens with zero attached hydrogens (tertiary/aromatic N) is 1. The summed E-state index contributed by atoms with van der Waals surface area (Å²) in [5, 5.41) is 14.0. The molecule has 0 unspecified atom stereocenters. The van der Waals surface area contributed by atoms with Crippen LogP contribution in [0.1, 0.15) is 12.0 Å². The highest BCUT2D eigenvalue weighted by atomic mass is 16.5. The van der Waals surface area contributed by atoms with Crippen LogP contribution < -0.4 is 10.1 Å². The number of carbonyl (C=O) groups excluding carboxylic acids is 1. The number of benzene rings is 2. The first kappa shape index (κ1) is 17.5. The molecule has 1 amide bonds. The van der Waals surface area contributed by atoms with Crippen LogP contribution in [0.3, 0.4) is 0 Å². The Balaban J connectivity index is 2.16. The van der Waals surface area contributed by atoms with Crippen LogP contribution in [0.2, 0.25) is 0 Å². The maximum atomic E-state index is 12.0. The molecular formula is C19H20N2O3. The molecule has 0 aromatic heterocycles. The van der Waals surface area contributed by atoms with Crippen LogP contribution in [0.4, 0.5) is 0 Å². The molecule has 0 aliphatic rings. The number of nitriles is 1. The summed E-state index contributed by atoms with van der Waals surface area (Å²) in [5.41, 5.74) is 0.886. The number of amides is 1. The van der Waals surface area contributed by atoms with Gasteiger partial charge in [-0.2, -0.15) is 5.26 Å². The molecular weight excluding hydrogens is 304 g/mol. The van der Waals surface area contributed by atoms with E-state index in [0.29, 0.717) is 19.6 Å². The zero-order valence-electron chi connectivity index (χ0n) is 13.8. The highest BCUT2D eigenvalue weighted by Crippen LogP contribution is 2.22. The highest BCUT2D eigenvalue weighted by Gasteiger charge is 2.08. The fraction of sp³-hybridized carbons (Fsp3) is 0.263. The minimum atomic E-state index is -0.372. The van der Waals surface area contributed by atoms with Gasteiger partial charge in [0.25, 0.3) is 5.91 Å². The van der Waals surface area contributed by atoms with Gasteiger partial charge in [-0.25, -0.2) is 0 Å². The van der Waals surface area contributed by atoms with Gasteiger partial charge in [0.05, 0.1) is 7.11 Å². The van der Waals surface area contributed by atoms with Crippen molar-refractivity contribution >= 4 is 22.8 Å². The Morgan fingerprint density at radius 2 is 1.96 bits per heavy atom. The molecule has 0 saturated carbocycles. The van der Waals surface area contributed by atoms with Gasteiger partial charge in [-0.15, -0.1) is 0 Å². The number of ether oxygens (including phenoxy) is 2. The van der Waals surface area contributed by atoms with Crippen molar-refractivity contribution in [3.8, 4) is 11.8 Å². The summed E-state index contributed by atoms with van der Waals surface area (Å²) in [7, 11) is 3.24. The van der Waals surface area contributed by atoms with Gasteiger partial charge >= 0.3 is 0 Å². The number of nitrogens with one attached hydrogen (secondary N) is 1. The van der Waals surface area contributed by atoms with Gasteiger partial charge in [-0.1, -0.05) is 18.2 Å². The van der Waals surface area contributed by atoms with E-state index in [2.05, 4.69) is 5.32 Å². The van der Waals surface area contributed by atoms with Crippen LogP contribution in [-0.4, -0.2) is 33.3 Å². The van der Waals surface area contributed by atoms with Crippen molar-refractivity contribution < 1.29 is 14.3 Å². The molecule has 0 atom stereocenters. The van der Waals surface area contributed by atoms with Crippen LogP contribution in [0.15, 0.2) is 42.0 Å². The van der Waals surface area contributed by atoms with Crippen molar-refractivity contribution in [3.05, 3.63) is 47.5 Å².